The van der Waals surface area contributed by atoms with Gasteiger partial charge in [0.2, 0.25) is 11.8 Å². The topological polar surface area (TPSA) is 90.4 Å². The molecule has 2 aromatic carbocycles. The zero-order chi connectivity index (χ0) is 28.9. The molecular weight excluding hydrogens is 542 g/mol. The second kappa shape index (κ2) is 10.4. The lowest BCUT2D eigenvalue weighted by atomic mass is 9.73. The van der Waals surface area contributed by atoms with Crippen LogP contribution in [0.5, 0.6) is 0 Å². The molecule has 0 aromatic heterocycles. The van der Waals surface area contributed by atoms with Crippen LogP contribution in [0.1, 0.15) is 18.9 Å². The molecule has 9 heteroatoms. The minimum Gasteiger partial charge on any atom is -0.394 e. The molecule has 6 atom stereocenters. The second-order valence-electron chi connectivity index (χ2n) is 11.3. The number of hydrogen-bond acceptors (Lipinski definition) is 5. The van der Waals surface area contributed by atoms with Crippen LogP contribution in [-0.2, 0) is 25.5 Å². The largest absolute Gasteiger partial charge is 0.394 e. The number of benzene rings is 2. The number of aliphatic hydroxyl groups excluding tert-OH is 1. The quantitative estimate of drug-likeness (QED) is 0.534. The molecule has 4 aliphatic rings. The molecule has 0 aliphatic carbocycles. The number of halogens is 1. The number of anilines is 1. The Kier molecular flexibility index (Phi) is 7.04. The predicted octanol–water partition coefficient (Wildman–Crippen LogP) is 3.24. The summed E-state index contributed by atoms with van der Waals surface area (Å²) in [6.45, 7) is 2.26. The van der Waals surface area contributed by atoms with Crippen LogP contribution in [0.25, 0.3) is 0 Å². The maximum Gasteiger partial charge on any atom is 0.253 e. The molecule has 0 radical (unpaired) electrons. The standard InChI is InChI=1S/C32H34ClN3O5/c1-3-31-15-7-17-34(2)28(38)25(31)26-29(39)36(24(20-37)19-21-9-5-4-6-10-21)27-30(40)35(18-8-16-32(26,27)41-31)23-13-11-22(33)12-14-23/h4-16,24-27,37H,3,17-20H2,1-2H3/t24-,25+,26+,27?,31-,32+/m1/s1. The lowest BCUT2D eigenvalue weighted by Gasteiger charge is -2.40. The molecule has 1 N–H and O–H groups in total. The number of nitrogens with zero attached hydrogens (tertiary/aromatic N) is 3. The molecule has 6 rings (SSSR count). The number of carbonyl (C=O) groups excluding carboxylic acids is 3. The van der Waals surface area contributed by atoms with Crippen LogP contribution in [0.15, 0.2) is 78.9 Å². The van der Waals surface area contributed by atoms with E-state index >= 15 is 0 Å². The number of amides is 3. The summed E-state index contributed by atoms with van der Waals surface area (Å²) in [5.74, 6) is -2.60. The highest BCUT2D eigenvalue weighted by Crippen LogP contribution is 2.59. The monoisotopic (exact) mass is 575 g/mol. The molecule has 2 aromatic rings. The third-order valence-electron chi connectivity index (χ3n) is 9.14. The van der Waals surface area contributed by atoms with E-state index in [1.54, 1.807) is 41.1 Å². The van der Waals surface area contributed by atoms with Crippen molar-refractivity contribution in [1.82, 2.24) is 9.80 Å². The van der Waals surface area contributed by atoms with Crippen LogP contribution in [0, 0.1) is 11.8 Å². The van der Waals surface area contributed by atoms with Gasteiger partial charge in [-0.25, -0.2) is 0 Å². The summed E-state index contributed by atoms with van der Waals surface area (Å²) in [5, 5.41) is 11.2. The molecule has 2 fully saturated rings. The highest BCUT2D eigenvalue weighted by atomic mass is 35.5. The molecule has 8 nitrogen and oxygen atoms in total. The third-order valence-corrected chi connectivity index (χ3v) is 9.39. The van der Waals surface area contributed by atoms with Crippen molar-refractivity contribution >= 4 is 35.0 Å². The smallest absolute Gasteiger partial charge is 0.253 e. The molecule has 214 valence electrons. The van der Waals surface area contributed by atoms with Crippen molar-refractivity contribution in [3.8, 4) is 0 Å². The SMILES string of the molecule is CC[C@@]12C=CCN(C)C(=O)[C@@H]1[C@H]1C(=O)N([C@@H](CO)Cc3ccccc3)C3C(=O)N(c4ccc(Cl)cc4)CC=C[C@@]31O2. The highest BCUT2D eigenvalue weighted by molar-refractivity contribution is 6.30. The van der Waals surface area contributed by atoms with E-state index in [9.17, 15) is 19.5 Å². The fourth-order valence-corrected chi connectivity index (χ4v) is 7.33. The Balaban J connectivity index is 1.52. The zero-order valence-corrected chi connectivity index (χ0v) is 23.9. The number of carbonyl (C=O) groups is 3. The summed E-state index contributed by atoms with van der Waals surface area (Å²) in [5.41, 5.74) is -0.874. The average molecular weight is 576 g/mol. The molecule has 4 heterocycles. The van der Waals surface area contributed by atoms with Gasteiger partial charge in [-0.1, -0.05) is 73.2 Å². The Morgan fingerprint density at radius 2 is 1.66 bits per heavy atom. The Morgan fingerprint density at radius 1 is 0.951 bits per heavy atom. The van der Waals surface area contributed by atoms with Gasteiger partial charge in [0, 0.05) is 30.8 Å². The van der Waals surface area contributed by atoms with Crippen molar-refractivity contribution in [3.63, 3.8) is 0 Å². The van der Waals surface area contributed by atoms with E-state index in [0.29, 0.717) is 30.1 Å². The number of hydrogen-bond donors (Lipinski definition) is 1. The molecule has 2 saturated heterocycles. The average Bonchev–Trinajstić information content (AvgIpc) is 3.29. The Bertz CT molecular complexity index is 1410. The number of likely N-dealkylation sites (N-methyl/N-ethyl adjacent to an activating group) is 1. The first-order valence-corrected chi connectivity index (χ1v) is 14.5. The Morgan fingerprint density at radius 3 is 2.34 bits per heavy atom. The molecular formula is C32H34ClN3O5. The summed E-state index contributed by atoms with van der Waals surface area (Å²) in [4.78, 5) is 48.0. The number of rotatable bonds is 6. The van der Waals surface area contributed by atoms with Gasteiger partial charge in [-0.2, -0.15) is 0 Å². The van der Waals surface area contributed by atoms with E-state index in [1.807, 2.05) is 61.6 Å². The van der Waals surface area contributed by atoms with Crippen LogP contribution in [-0.4, -0.2) is 82.7 Å². The summed E-state index contributed by atoms with van der Waals surface area (Å²) in [7, 11) is 1.72. The molecule has 0 bridgehead atoms. The van der Waals surface area contributed by atoms with Crippen LogP contribution in [0.3, 0.4) is 0 Å². The van der Waals surface area contributed by atoms with Crippen LogP contribution >= 0.6 is 11.6 Å². The van der Waals surface area contributed by atoms with E-state index < -0.39 is 35.1 Å². The van der Waals surface area contributed by atoms with Crippen molar-refractivity contribution in [2.75, 3.05) is 31.6 Å². The van der Waals surface area contributed by atoms with Gasteiger partial charge in [0.05, 0.1) is 30.1 Å². The molecule has 41 heavy (non-hydrogen) atoms. The van der Waals surface area contributed by atoms with E-state index in [-0.39, 0.29) is 30.9 Å². The number of ether oxygens (including phenoxy) is 1. The molecule has 4 aliphatic heterocycles. The van der Waals surface area contributed by atoms with E-state index in [2.05, 4.69) is 0 Å². The summed E-state index contributed by atoms with van der Waals surface area (Å²) in [6.07, 6.45) is 8.31. The second-order valence-corrected chi connectivity index (χ2v) is 11.8. The Labute approximate surface area is 244 Å². The van der Waals surface area contributed by atoms with Gasteiger partial charge >= 0.3 is 0 Å². The third kappa shape index (κ3) is 4.23. The van der Waals surface area contributed by atoms with E-state index in [4.69, 9.17) is 16.3 Å². The predicted molar refractivity (Wildman–Crippen MR) is 155 cm³/mol. The first-order valence-electron chi connectivity index (χ1n) is 14.1. The zero-order valence-electron chi connectivity index (χ0n) is 23.2. The van der Waals surface area contributed by atoms with Crippen molar-refractivity contribution < 1.29 is 24.2 Å². The van der Waals surface area contributed by atoms with Gasteiger partial charge in [0.15, 0.2) is 0 Å². The van der Waals surface area contributed by atoms with Crippen LogP contribution in [0.4, 0.5) is 5.69 Å². The van der Waals surface area contributed by atoms with E-state index in [0.717, 1.165) is 5.56 Å². The van der Waals surface area contributed by atoms with E-state index in [1.165, 1.54) is 4.90 Å². The van der Waals surface area contributed by atoms with Crippen molar-refractivity contribution in [1.29, 1.82) is 0 Å². The fourth-order valence-electron chi connectivity index (χ4n) is 7.20. The molecule has 1 spiro atoms. The maximum atomic E-state index is 14.7. The normalized spacial score (nSPS) is 31.6. The molecule has 3 amide bonds. The van der Waals surface area contributed by atoms with Crippen molar-refractivity contribution in [3.05, 3.63) is 89.5 Å². The molecule has 0 saturated carbocycles. The number of fused-ring (bicyclic) bond motifs is 2. The van der Waals surface area contributed by atoms with Crippen molar-refractivity contribution in [2.24, 2.45) is 11.8 Å². The number of aliphatic hydroxyl groups is 1. The summed E-state index contributed by atoms with van der Waals surface area (Å²) < 4.78 is 6.98. The summed E-state index contributed by atoms with van der Waals surface area (Å²) >= 11 is 6.14. The highest BCUT2D eigenvalue weighted by Gasteiger charge is 2.75. The van der Waals surface area contributed by atoms with Gasteiger partial charge in [-0.15, -0.1) is 0 Å². The first kappa shape index (κ1) is 27.7. The van der Waals surface area contributed by atoms with Gasteiger partial charge < -0.3 is 24.5 Å². The molecule has 1 unspecified atom stereocenters. The fraction of sp³-hybridized carbons (Fsp3) is 0.406. The van der Waals surface area contributed by atoms with Gasteiger partial charge in [0.25, 0.3) is 5.91 Å². The maximum absolute atomic E-state index is 14.7. The minimum atomic E-state index is -1.39. The van der Waals surface area contributed by atoms with Gasteiger partial charge in [0.1, 0.15) is 11.6 Å². The van der Waals surface area contributed by atoms with Crippen LogP contribution in [0.2, 0.25) is 5.02 Å². The Hall–Kier alpha value is -3.46. The lowest BCUT2D eigenvalue weighted by Crippen LogP contribution is -2.59. The first-order chi connectivity index (χ1) is 19.8. The minimum absolute atomic E-state index is 0.184. The van der Waals surface area contributed by atoms with Crippen molar-refractivity contribution in [2.45, 2.75) is 43.1 Å². The van der Waals surface area contributed by atoms with Gasteiger partial charge in [-0.3, -0.25) is 14.4 Å². The summed E-state index contributed by atoms with van der Waals surface area (Å²) in [6, 6.07) is 14.8. The van der Waals surface area contributed by atoms with Crippen LogP contribution < -0.4 is 4.90 Å². The van der Waals surface area contributed by atoms with Gasteiger partial charge in [-0.05, 0) is 42.7 Å². The lowest BCUT2D eigenvalue weighted by molar-refractivity contribution is -0.152. The number of likely N-dealkylation sites (tertiary alicyclic amines) is 1.